The van der Waals surface area contributed by atoms with E-state index in [2.05, 4.69) is 4.98 Å². The SMILES string of the molecule is COc1cccc(CN(C)C(=O)c2ccc(OCc3cscn3)c(OC)c2)c1. The molecule has 0 aliphatic rings. The van der Waals surface area contributed by atoms with Gasteiger partial charge in [0.15, 0.2) is 11.5 Å². The average Bonchev–Trinajstić information content (AvgIpc) is 3.25. The van der Waals surface area contributed by atoms with Crippen LogP contribution in [-0.4, -0.2) is 37.1 Å². The van der Waals surface area contributed by atoms with Crippen molar-refractivity contribution in [3.63, 3.8) is 0 Å². The molecule has 0 saturated heterocycles. The lowest BCUT2D eigenvalue weighted by molar-refractivity contribution is 0.0784. The molecule has 3 rings (SSSR count). The summed E-state index contributed by atoms with van der Waals surface area (Å²) < 4.78 is 16.4. The van der Waals surface area contributed by atoms with Gasteiger partial charge in [-0.05, 0) is 35.9 Å². The Bertz CT molecular complexity index is 928. The van der Waals surface area contributed by atoms with Crippen molar-refractivity contribution < 1.29 is 19.0 Å². The molecule has 0 aliphatic carbocycles. The molecule has 3 aromatic rings. The first-order chi connectivity index (χ1) is 13.6. The summed E-state index contributed by atoms with van der Waals surface area (Å²) in [6.45, 7) is 0.823. The molecule has 2 aromatic carbocycles. The molecule has 1 amide bonds. The Morgan fingerprint density at radius 1 is 1.11 bits per heavy atom. The van der Waals surface area contributed by atoms with Crippen LogP contribution in [-0.2, 0) is 13.2 Å². The van der Waals surface area contributed by atoms with Gasteiger partial charge in [0.1, 0.15) is 12.4 Å². The first-order valence-corrected chi connectivity index (χ1v) is 9.61. The van der Waals surface area contributed by atoms with Crippen LogP contribution in [0.5, 0.6) is 17.2 Å². The normalized spacial score (nSPS) is 10.4. The van der Waals surface area contributed by atoms with Gasteiger partial charge in [0.05, 0.1) is 25.4 Å². The van der Waals surface area contributed by atoms with Gasteiger partial charge in [-0.3, -0.25) is 4.79 Å². The van der Waals surface area contributed by atoms with E-state index in [1.165, 1.54) is 11.3 Å². The van der Waals surface area contributed by atoms with Crippen molar-refractivity contribution in [3.05, 3.63) is 70.2 Å². The fourth-order valence-electron chi connectivity index (χ4n) is 2.72. The summed E-state index contributed by atoms with van der Waals surface area (Å²) in [5.74, 6) is 1.74. The molecule has 146 valence electrons. The summed E-state index contributed by atoms with van der Waals surface area (Å²) >= 11 is 1.52. The third-order valence-corrected chi connectivity index (χ3v) is 4.81. The lowest BCUT2D eigenvalue weighted by atomic mass is 10.1. The Labute approximate surface area is 168 Å². The maximum atomic E-state index is 12.8. The first kappa shape index (κ1) is 19.7. The van der Waals surface area contributed by atoms with Gasteiger partial charge in [-0.25, -0.2) is 4.98 Å². The van der Waals surface area contributed by atoms with Gasteiger partial charge in [-0.1, -0.05) is 12.1 Å². The number of thiazole rings is 1. The molecular formula is C21H22N2O4S. The van der Waals surface area contributed by atoms with Crippen molar-refractivity contribution in [2.24, 2.45) is 0 Å². The molecule has 0 bridgehead atoms. The van der Waals surface area contributed by atoms with Gasteiger partial charge in [-0.15, -0.1) is 11.3 Å². The smallest absolute Gasteiger partial charge is 0.254 e. The highest BCUT2D eigenvalue weighted by molar-refractivity contribution is 7.07. The zero-order valence-corrected chi connectivity index (χ0v) is 16.9. The summed E-state index contributed by atoms with van der Waals surface area (Å²) in [6.07, 6.45) is 0. The van der Waals surface area contributed by atoms with Crippen molar-refractivity contribution in [2.45, 2.75) is 13.2 Å². The Morgan fingerprint density at radius 2 is 1.96 bits per heavy atom. The number of rotatable bonds is 8. The third kappa shape index (κ3) is 4.80. The van der Waals surface area contributed by atoms with Crippen LogP contribution in [0, 0.1) is 0 Å². The summed E-state index contributed by atoms with van der Waals surface area (Å²) in [7, 11) is 4.94. The highest BCUT2D eigenvalue weighted by Gasteiger charge is 2.16. The Balaban J connectivity index is 1.70. The van der Waals surface area contributed by atoms with Gasteiger partial charge in [0.25, 0.3) is 5.91 Å². The topological polar surface area (TPSA) is 60.9 Å². The monoisotopic (exact) mass is 398 g/mol. The highest BCUT2D eigenvalue weighted by Crippen LogP contribution is 2.29. The molecule has 7 heteroatoms. The number of hydrogen-bond acceptors (Lipinski definition) is 6. The van der Waals surface area contributed by atoms with Gasteiger partial charge in [0.2, 0.25) is 0 Å². The van der Waals surface area contributed by atoms with Crippen molar-refractivity contribution >= 4 is 17.2 Å². The number of benzene rings is 2. The van der Waals surface area contributed by atoms with Crippen LogP contribution in [0.1, 0.15) is 21.6 Å². The molecule has 1 heterocycles. The summed E-state index contributed by atoms with van der Waals surface area (Å²) in [4.78, 5) is 18.7. The Morgan fingerprint density at radius 3 is 2.68 bits per heavy atom. The Hall–Kier alpha value is -3.06. The zero-order chi connectivity index (χ0) is 19.9. The standard InChI is InChI=1S/C21H22N2O4S/c1-23(11-15-5-4-6-18(9-15)25-2)21(24)16-7-8-19(20(10-16)26-3)27-12-17-13-28-14-22-17/h4-10,13-14H,11-12H2,1-3H3. The minimum Gasteiger partial charge on any atom is -0.497 e. The third-order valence-electron chi connectivity index (χ3n) is 4.17. The second-order valence-corrected chi connectivity index (χ2v) is 6.87. The molecule has 0 unspecified atom stereocenters. The van der Waals surface area contributed by atoms with Crippen LogP contribution in [0.15, 0.2) is 53.4 Å². The van der Waals surface area contributed by atoms with E-state index in [1.807, 2.05) is 29.6 Å². The van der Waals surface area contributed by atoms with E-state index in [1.54, 1.807) is 49.9 Å². The molecule has 0 N–H and O–H groups in total. The minimum absolute atomic E-state index is 0.104. The van der Waals surface area contributed by atoms with Crippen molar-refractivity contribution in [1.82, 2.24) is 9.88 Å². The number of methoxy groups -OCH3 is 2. The number of amides is 1. The van der Waals surface area contributed by atoms with Gasteiger partial charge in [0, 0.05) is 24.5 Å². The summed E-state index contributed by atoms with van der Waals surface area (Å²) in [5.41, 5.74) is 4.13. The van der Waals surface area contributed by atoms with Crippen LogP contribution in [0.4, 0.5) is 0 Å². The number of aromatic nitrogens is 1. The maximum absolute atomic E-state index is 12.8. The van der Waals surface area contributed by atoms with Crippen molar-refractivity contribution in [2.75, 3.05) is 21.3 Å². The molecule has 0 spiro atoms. The molecule has 6 nitrogen and oxygen atoms in total. The minimum atomic E-state index is -0.104. The van der Waals surface area contributed by atoms with Crippen molar-refractivity contribution in [1.29, 1.82) is 0 Å². The summed E-state index contributed by atoms with van der Waals surface area (Å²) in [5, 5.41) is 1.93. The van der Waals surface area contributed by atoms with E-state index in [9.17, 15) is 4.79 Å². The number of carbonyl (C=O) groups excluding carboxylic acids is 1. The van der Waals surface area contributed by atoms with Crippen LogP contribution < -0.4 is 14.2 Å². The maximum Gasteiger partial charge on any atom is 0.254 e. The molecule has 28 heavy (non-hydrogen) atoms. The molecule has 0 aliphatic heterocycles. The van der Waals surface area contributed by atoms with E-state index >= 15 is 0 Å². The highest BCUT2D eigenvalue weighted by atomic mass is 32.1. The second-order valence-electron chi connectivity index (χ2n) is 6.15. The quantitative estimate of drug-likeness (QED) is 0.574. The number of hydrogen-bond donors (Lipinski definition) is 0. The molecule has 0 fully saturated rings. The second kappa shape index (κ2) is 9.23. The van der Waals surface area contributed by atoms with E-state index in [-0.39, 0.29) is 5.91 Å². The van der Waals surface area contributed by atoms with Gasteiger partial charge < -0.3 is 19.1 Å². The molecule has 0 atom stereocenters. The van der Waals surface area contributed by atoms with Crippen LogP contribution in [0.25, 0.3) is 0 Å². The fraction of sp³-hybridized carbons (Fsp3) is 0.238. The number of carbonyl (C=O) groups is 1. The van der Waals surface area contributed by atoms with Crippen LogP contribution >= 0.6 is 11.3 Å². The number of ether oxygens (including phenoxy) is 3. The van der Waals surface area contributed by atoms with E-state index < -0.39 is 0 Å². The van der Waals surface area contributed by atoms with Crippen LogP contribution in [0.3, 0.4) is 0 Å². The van der Waals surface area contributed by atoms with Gasteiger partial charge >= 0.3 is 0 Å². The largest absolute Gasteiger partial charge is 0.497 e. The molecular weight excluding hydrogens is 376 g/mol. The number of nitrogens with zero attached hydrogens (tertiary/aromatic N) is 2. The Kier molecular flexibility index (Phi) is 6.49. The predicted molar refractivity (Wildman–Crippen MR) is 108 cm³/mol. The van der Waals surface area contributed by atoms with Crippen LogP contribution in [0.2, 0.25) is 0 Å². The molecule has 0 radical (unpaired) electrons. The predicted octanol–water partition coefficient (Wildman–Crippen LogP) is 4.01. The molecule has 0 saturated carbocycles. The average molecular weight is 398 g/mol. The fourth-order valence-corrected chi connectivity index (χ4v) is 3.26. The zero-order valence-electron chi connectivity index (χ0n) is 16.0. The molecule has 1 aromatic heterocycles. The first-order valence-electron chi connectivity index (χ1n) is 8.67. The van der Waals surface area contributed by atoms with Crippen molar-refractivity contribution in [3.8, 4) is 17.2 Å². The van der Waals surface area contributed by atoms with E-state index in [0.717, 1.165) is 17.0 Å². The lowest BCUT2D eigenvalue weighted by Gasteiger charge is -2.19. The van der Waals surface area contributed by atoms with E-state index in [0.29, 0.717) is 30.2 Å². The lowest BCUT2D eigenvalue weighted by Crippen LogP contribution is -2.26. The summed E-state index contributed by atoms with van der Waals surface area (Å²) in [6, 6.07) is 12.8. The van der Waals surface area contributed by atoms with E-state index in [4.69, 9.17) is 14.2 Å². The van der Waals surface area contributed by atoms with Gasteiger partial charge in [-0.2, -0.15) is 0 Å².